The van der Waals surface area contributed by atoms with Crippen LogP contribution in [0.3, 0.4) is 0 Å². The maximum Gasteiger partial charge on any atom is 0.0793 e. The highest BCUT2D eigenvalue weighted by Crippen LogP contribution is 2.93. The molecule has 12 atom stereocenters. The van der Waals surface area contributed by atoms with Gasteiger partial charge in [-0.15, -0.1) is 0 Å². The van der Waals surface area contributed by atoms with Gasteiger partial charge in [-0.3, -0.25) is 4.90 Å². The number of rotatable bonds is 3. The Bertz CT molecular complexity index is 964. The molecule has 0 aromatic carbocycles. The van der Waals surface area contributed by atoms with Gasteiger partial charge in [0.25, 0.3) is 0 Å². The Balaban J connectivity index is 1.09. The summed E-state index contributed by atoms with van der Waals surface area (Å²) in [5, 5.41) is 10.4. The number of piperidine rings is 1. The lowest BCUT2D eigenvalue weighted by Crippen LogP contribution is -2.64. The minimum atomic E-state index is -0.0938. The van der Waals surface area contributed by atoms with Gasteiger partial charge in [-0.2, -0.15) is 0 Å². The van der Waals surface area contributed by atoms with E-state index in [1.807, 2.05) is 0 Å². The molecule has 8 aliphatic rings. The standard InChI is InChI=1S/C31H48N2O2/c1-19-13-26-27(33(17-19)12-11-32(3)4)25-16-30-18-29(30)15-24-22(23(29)8-10-31(25,30)35-26)6-5-20-14-21(34)7-9-28(20,24)2/h5,19,21-27,34H,6-18H2,1-4H3/t19-,21-,22-,23-,24-,25+,26+,27-,28-,29?,30?,31+/m0/s1. The number of nitrogens with zero attached hydrogens (tertiary/aromatic N) is 2. The Kier molecular flexibility index (Phi) is 4.48. The summed E-state index contributed by atoms with van der Waals surface area (Å²) in [5.41, 5.74) is 3.30. The van der Waals surface area contributed by atoms with Crippen molar-refractivity contribution < 1.29 is 9.84 Å². The van der Waals surface area contributed by atoms with E-state index in [9.17, 15) is 5.11 Å². The zero-order chi connectivity index (χ0) is 24.0. The molecule has 194 valence electrons. The SMILES string of the molecule is C[C@H]1C[C@H]2O[C@@]34CC[C@H]5[C@@H]6CC=C7C[C@@H](O)CC[C@]7(C)[C@H]6CC56CC63C[C@@H]4[C@@H]2N(CCN(C)C)C1. The number of allylic oxidation sites excluding steroid dienone is 1. The van der Waals surface area contributed by atoms with Gasteiger partial charge in [0.15, 0.2) is 0 Å². The highest BCUT2D eigenvalue weighted by molar-refractivity contribution is 5.42. The van der Waals surface area contributed by atoms with E-state index >= 15 is 0 Å². The molecule has 3 spiro atoms. The summed E-state index contributed by atoms with van der Waals surface area (Å²) >= 11 is 0. The highest BCUT2D eigenvalue weighted by Gasteiger charge is 2.91. The summed E-state index contributed by atoms with van der Waals surface area (Å²) in [6.45, 7) is 8.69. The molecule has 5 saturated carbocycles. The number of hydrogen-bond acceptors (Lipinski definition) is 4. The van der Waals surface area contributed by atoms with Gasteiger partial charge in [0.1, 0.15) is 0 Å². The van der Waals surface area contributed by atoms with Crippen LogP contribution in [0.15, 0.2) is 11.6 Å². The van der Waals surface area contributed by atoms with Crippen molar-refractivity contribution in [1.82, 2.24) is 9.80 Å². The Morgan fingerprint density at radius 1 is 1.14 bits per heavy atom. The van der Waals surface area contributed by atoms with Crippen LogP contribution in [0.2, 0.25) is 0 Å². The third-order valence-corrected chi connectivity index (χ3v) is 13.8. The van der Waals surface area contributed by atoms with E-state index in [2.05, 4.69) is 43.8 Å². The number of hydrogen-bond donors (Lipinski definition) is 1. The van der Waals surface area contributed by atoms with Crippen LogP contribution in [-0.4, -0.2) is 72.5 Å². The maximum absolute atomic E-state index is 10.4. The smallest absolute Gasteiger partial charge is 0.0793 e. The second kappa shape index (κ2) is 6.96. The normalized spacial score (nSPS) is 59.8. The number of likely N-dealkylation sites (N-methyl/N-ethyl adjacent to an activating group) is 1. The van der Waals surface area contributed by atoms with Crippen LogP contribution in [-0.2, 0) is 4.74 Å². The lowest BCUT2D eigenvalue weighted by atomic mass is 9.47. The van der Waals surface area contributed by atoms with Gasteiger partial charge in [-0.25, -0.2) is 0 Å². The number of likely N-dealkylation sites (tertiary alicyclic amines) is 1. The first-order valence-corrected chi connectivity index (χ1v) is 15.2. The van der Waals surface area contributed by atoms with Crippen molar-refractivity contribution >= 4 is 0 Å². The van der Waals surface area contributed by atoms with E-state index in [4.69, 9.17) is 4.74 Å². The molecule has 8 rings (SSSR count). The first-order chi connectivity index (χ1) is 16.7. The van der Waals surface area contributed by atoms with Crippen LogP contribution in [0.25, 0.3) is 0 Å². The topological polar surface area (TPSA) is 35.9 Å². The Morgan fingerprint density at radius 2 is 2.00 bits per heavy atom. The zero-order valence-electron chi connectivity index (χ0n) is 22.6. The van der Waals surface area contributed by atoms with Crippen molar-refractivity contribution in [1.29, 1.82) is 0 Å². The van der Waals surface area contributed by atoms with Crippen molar-refractivity contribution in [3.8, 4) is 0 Å². The molecule has 1 N–H and O–H groups in total. The Hall–Kier alpha value is -0.420. The van der Waals surface area contributed by atoms with Gasteiger partial charge in [-0.05, 0) is 113 Å². The van der Waals surface area contributed by atoms with Crippen molar-refractivity contribution in [2.24, 2.45) is 45.8 Å². The molecule has 2 heterocycles. The fourth-order valence-electron chi connectivity index (χ4n) is 12.5. The molecule has 7 fully saturated rings. The molecule has 2 unspecified atom stereocenters. The first-order valence-electron chi connectivity index (χ1n) is 15.2. The van der Waals surface area contributed by atoms with Crippen molar-refractivity contribution in [2.45, 2.75) is 102 Å². The van der Waals surface area contributed by atoms with Gasteiger partial charge >= 0.3 is 0 Å². The van der Waals surface area contributed by atoms with Gasteiger partial charge < -0.3 is 14.7 Å². The predicted molar refractivity (Wildman–Crippen MR) is 138 cm³/mol. The maximum atomic E-state index is 10.4. The van der Waals surface area contributed by atoms with Crippen LogP contribution in [0.5, 0.6) is 0 Å². The molecule has 2 aliphatic heterocycles. The predicted octanol–water partition coefficient (Wildman–Crippen LogP) is 4.72. The minimum absolute atomic E-state index is 0.0938. The van der Waals surface area contributed by atoms with E-state index in [0.717, 1.165) is 42.4 Å². The number of fused-ring (bicyclic) bond motifs is 6. The van der Waals surface area contributed by atoms with Crippen LogP contribution in [0.1, 0.15) is 78.1 Å². The third-order valence-electron chi connectivity index (χ3n) is 13.8. The van der Waals surface area contributed by atoms with Crippen molar-refractivity contribution in [3.05, 3.63) is 11.6 Å². The fourth-order valence-corrected chi connectivity index (χ4v) is 12.5. The molecule has 4 nitrogen and oxygen atoms in total. The molecule has 0 aromatic heterocycles. The molecule has 0 bridgehead atoms. The Morgan fingerprint density at radius 3 is 2.83 bits per heavy atom. The average molecular weight is 481 g/mol. The molecule has 0 amide bonds. The first kappa shape index (κ1) is 22.6. The molecular weight excluding hydrogens is 432 g/mol. The number of ether oxygens (including phenoxy) is 1. The largest absolute Gasteiger partial charge is 0.393 e. The molecule has 4 heteroatoms. The summed E-state index contributed by atoms with van der Waals surface area (Å²) in [6.07, 6.45) is 15.9. The number of aliphatic hydroxyl groups excluding tert-OH is 1. The summed E-state index contributed by atoms with van der Waals surface area (Å²) in [7, 11) is 4.44. The van der Waals surface area contributed by atoms with E-state index < -0.39 is 0 Å². The lowest BCUT2D eigenvalue weighted by Gasteiger charge is -2.60. The van der Waals surface area contributed by atoms with E-state index in [-0.39, 0.29) is 11.7 Å². The van der Waals surface area contributed by atoms with Crippen LogP contribution in [0.4, 0.5) is 0 Å². The molecule has 0 radical (unpaired) electrons. The van der Waals surface area contributed by atoms with Gasteiger partial charge in [0.05, 0.1) is 17.8 Å². The molecule has 0 aromatic rings. The minimum Gasteiger partial charge on any atom is -0.393 e. The van der Waals surface area contributed by atoms with Crippen LogP contribution in [0, 0.1) is 45.8 Å². The molecular formula is C31H48N2O2. The van der Waals surface area contributed by atoms with Gasteiger partial charge in [-0.1, -0.05) is 25.5 Å². The highest BCUT2D eigenvalue weighted by atomic mass is 16.5. The summed E-state index contributed by atoms with van der Waals surface area (Å²) in [5.74, 6) is 4.24. The second-order valence-corrected chi connectivity index (χ2v) is 15.3. The lowest BCUT2D eigenvalue weighted by molar-refractivity contribution is -0.211. The molecule has 2 saturated heterocycles. The molecule has 6 aliphatic carbocycles. The van der Waals surface area contributed by atoms with Crippen LogP contribution < -0.4 is 0 Å². The quantitative estimate of drug-likeness (QED) is 0.593. The second-order valence-electron chi connectivity index (χ2n) is 15.3. The van der Waals surface area contributed by atoms with Crippen molar-refractivity contribution in [3.63, 3.8) is 0 Å². The Labute approximate surface area is 212 Å². The summed E-state index contributed by atoms with van der Waals surface area (Å²) in [6, 6.07) is 0.681. The van der Waals surface area contributed by atoms with E-state index in [0.29, 0.717) is 28.4 Å². The van der Waals surface area contributed by atoms with Gasteiger partial charge in [0, 0.05) is 37.0 Å². The van der Waals surface area contributed by atoms with E-state index in [1.54, 1.807) is 5.57 Å². The van der Waals surface area contributed by atoms with Crippen molar-refractivity contribution in [2.75, 3.05) is 33.7 Å². The average Bonchev–Trinajstić information content (AvgIpc) is 3.29. The third kappa shape index (κ3) is 2.55. The fraction of sp³-hybridized carbons (Fsp3) is 0.935. The van der Waals surface area contributed by atoms with E-state index in [1.165, 1.54) is 71.0 Å². The monoisotopic (exact) mass is 480 g/mol. The van der Waals surface area contributed by atoms with Gasteiger partial charge in [0.2, 0.25) is 0 Å². The number of aliphatic hydroxyl groups is 1. The summed E-state index contributed by atoms with van der Waals surface area (Å²) < 4.78 is 7.41. The van der Waals surface area contributed by atoms with Crippen LogP contribution >= 0.6 is 0 Å². The molecule has 35 heavy (non-hydrogen) atoms. The summed E-state index contributed by atoms with van der Waals surface area (Å²) in [4.78, 5) is 5.22. The zero-order valence-corrected chi connectivity index (χ0v) is 22.6.